The fourth-order valence-corrected chi connectivity index (χ4v) is 4.13. The van der Waals surface area contributed by atoms with Gasteiger partial charge in [-0.15, -0.1) is 0 Å². The lowest BCUT2D eigenvalue weighted by Gasteiger charge is -2.42. The highest BCUT2D eigenvalue weighted by molar-refractivity contribution is 7.22. The van der Waals surface area contributed by atoms with E-state index < -0.39 is 0 Å². The molecule has 1 amide bonds. The van der Waals surface area contributed by atoms with Crippen LogP contribution in [0.3, 0.4) is 0 Å². The van der Waals surface area contributed by atoms with Crippen LogP contribution in [0.15, 0.2) is 18.2 Å². The molecule has 3 heterocycles. The molecule has 22 heavy (non-hydrogen) atoms. The molecule has 2 fully saturated rings. The number of ether oxygens (including phenoxy) is 1. The van der Waals surface area contributed by atoms with Crippen molar-refractivity contribution in [1.82, 2.24) is 15.2 Å². The number of hydrogen-bond acceptors (Lipinski definition) is 6. The first-order valence-electron chi connectivity index (χ1n) is 7.47. The van der Waals surface area contributed by atoms with Crippen LogP contribution in [0.1, 0.15) is 0 Å². The molecule has 0 bridgehead atoms. The number of piperazine rings is 2. The predicted molar refractivity (Wildman–Crippen MR) is 86.8 cm³/mol. The van der Waals surface area contributed by atoms with Crippen LogP contribution in [-0.2, 0) is 4.79 Å². The molecule has 0 spiro atoms. The molecule has 0 aliphatic carbocycles. The van der Waals surface area contributed by atoms with Crippen LogP contribution < -0.4 is 15.0 Å². The second-order valence-electron chi connectivity index (χ2n) is 5.58. The summed E-state index contributed by atoms with van der Waals surface area (Å²) in [5, 5.41) is 4.10. The van der Waals surface area contributed by atoms with Gasteiger partial charge in [-0.1, -0.05) is 11.3 Å². The quantitative estimate of drug-likeness (QED) is 0.892. The van der Waals surface area contributed by atoms with E-state index in [0.29, 0.717) is 6.54 Å². The maximum Gasteiger partial charge on any atom is 0.247 e. The van der Waals surface area contributed by atoms with E-state index in [4.69, 9.17) is 4.74 Å². The van der Waals surface area contributed by atoms with E-state index in [1.54, 1.807) is 18.4 Å². The number of benzene rings is 1. The minimum atomic E-state index is -0.0518. The third-order valence-corrected chi connectivity index (χ3v) is 5.37. The van der Waals surface area contributed by atoms with E-state index >= 15 is 0 Å². The Balaban J connectivity index is 1.65. The number of aromatic nitrogens is 1. The van der Waals surface area contributed by atoms with Gasteiger partial charge in [0.2, 0.25) is 5.91 Å². The molecule has 0 saturated carbocycles. The minimum absolute atomic E-state index is 0.0518. The van der Waals surface area contributed by atoms with Gasteiger partial charge in [-0.05, 0) is 18.2 Å². The van der Waals surface area contributed by atoms with E-state index in [1.165, 1.54) is 0 Å². The van der Waals surface area contributed by atoms with Gasteiger partial charge in [0.1, 0.15) is 11.8 Å². The Kier molecular flexibility index (Phi) is 3.48. The average molecular weight is 318 g/mol. The normalized spacial score (nSPS) is 22.9. The Morgan fingerprint density at radius 3 is 3.14 bits per heavy atom. The van der Waals surface area contributed by atoms with Gasteiger partial charge in [0.25, 0.3) is 0 Å². The fourth-order valence-electron chi connectivity index (χ4n) is 3.10. The van der Waals surface area contributed by atoms with Gasteiger partial charge in [-0.3, -0.25) is 14.6 Å². The van der Waals surface area contributed by atoms with Crippen LogP contribution in [0.5, 0.6) is 5.75 Å². The van der Waals surface area contributed by atoms with Crippen LogP contribution >= 0.6 is 11.3 Å². The Labute approximate surface area is 132 Å². The first-order chi connectivity index (χ1) is 10.8. The third kappa shape index (κ3) is 2.25. The molecule has 1 aromatic carbocycles. The number of carbonyl (C=O) groups excluding carboxylic acids is 1. The molecule has 2 aliphatic heterocycles. The van der Waals surface area contributed by atoms with Gasteiger partial charge in [0.05, 0.1) is 17.3 Å². The molecule has 4 rings (SSSR count). The maximum absolute atomic E-state index is 12.7. The van der Waals surface area contributed by atoms with Gasteiger partial charge in [-0.2, -0.15) is 0 Å². The molecule has 1 aromatic heterocycles. The van der Waals surface area contributed by atoms with Gasteiger partial charge in [-0.25, -0.2) is 4.98 Å². The molecule has 1 atom stereocenters. The van der Waals surface area contributed by atoms with Crippen molar-refractivity contribution in [3.63, 3.8) is 0 Å². The van der Waals surface area contributed by atoms with Crippen LogP contribution in [-0.4, -0.2) is 61.7 Å². The zero-order valence-electron chi connectivity index (χ0n) is 12.4. The highest BCUT2D eigenvalue weighted by atomic mass is 32.1. The highest BCUT2D eigenvalue weighted by Gasteiger charge is 2.37. The van der Waals surface area contributed by atoms with Crippen molar-refractivity contribution in [3.8, 4) is 5.75 Å². The zero-order chi connectivity index (χ0) is 15.1. The monoisotopic (exact) mass is 318 g/mol. The van der Waals surface area contributed by atoms with Crippen molar-refractivity contribution < 1.29 is 9.53 Å². The number of rotatable bonds is 2. The molecule has 116 valence electrons. The van der Waals surface area contributed by atoms with Crippen LogP contribution in [0, 0.1) is 0 Å². The predicted octanol–water partition coefficient (Wildman–Crippen LogP) is 0.925. The summed E-state index contributed by atoms with van der Waals surface area (Å²) in [5.74, 6) is 0.972. The maximum atomic E-state index is 12.7. The summed E-state index contributed by atoms with van der Waals surface area (Å²) in [6.45, 7) is 4.27. The Hall–Kier alpha value is -1.70. The number of nitrogens with one attached hydrogen (secondary N) is 1. The number of nitrogens with zero attached hydrogens (tertiary/aromatic N) is 3. The van der Waals surface area contributed by atoms with Crippen molar-refractivity contribution in [1.29, 1.82) is 0 Å². The lowest BCUT2D eigenvalue weighted by molar-refractivity contribution is -0.126. The SMILES string of the molecule is COc1ccc2nc(N3CCN4CCNC[C@@H]4C3=O)sc2c1. The summed E-state index contributed by atoms with van der Waals surface area (Å²) in [4.78, 5) is 21.5. The Bertz CT molecular complexity index is 717. The number of hydrogen-bond donors (Lipinski definition) is 1. The average Bonchev–Trinajstić information content (AvgIpc) is 2.98. The summed E-state index contributed by atoms with van der Waals surface area (Å²) in [6, 6.07) is 5.76. The number of amides is 1. The van der Waals surface area contributed by atoms with Crippen molar-refractivity contribution >= 4 is 32.6 Å². The molecular formula is C15H18N4O2S. The van der Waals surface area contributed by atoms with Crippen molar-refractivity contribution in [2.75, 3.05) is 44.7 Å². The van der Waals surface area contributed by atoms with Crippen molar-refractivity contribution in [3.05, 3.63) is 18.2 Å². The van der Waals surface area contributed by atoms with Crippen LogP contribution in [0.2, 0.25) is 0 Å². The minimum Gasteiger partial charge on any atom is -0.497 e. The van der Waals surface area contributed by atoms with Crippen LogP contribution in [0.4, 0.5) is 5.13 Å². The fraction of sp³-hybridized carbons (Fsp3) is 0.467. The molecule has 2 saturated heterocycles. The largest absolute Gasteiger partial charge is 0.497 e. The third-order valence-electron chi connectivity index (χ3n) is 4.33. The standard InChI is InChI=1S/C15H18N4O2S/c1-21-10-2-3-11-13(8-10)22-15(17-11)19-7-6-18-5-4-16-9-12(18)14(19)20/h2-3,8,12,16H,4-7,9H2,1H3/t12-/m1/s1. The Morgan fingerprint density at radius 2 is 2.27 bits per heavy atom. The number of methoxy groups -OCH3 is 1. The molecular weight excluding hydrogens is 300 g/mol. The van der Waals surface area contributed by atoms with E-state index in [-0.39, 0.29) is 11.9 Å². The van der Waals surface area contributed by atoms with Crippen molar-refractivity contribution in [2.45, 2.75) is 6.04 Å². The number of thiazole rings is 1. The smallest absolute Gasteiger partial charge is 0.247 e. The second kappa shape index (κ2) is 5.49. The summed E-state index contributed by atoms with van der Waals surface area (Å²) in [7, 11) is 1.65. The van der Waals surface area contributed by atoms with E-state index in [1.807, 2.05) is 23.1 Å². The van der Waals surface area contributed by atoms with Gasteiger partial charge in [0, 0.05) is 32.7 Å². The van der Waals surface area contributed by atoms with Gasteiger partial charge in [0.15, 0.2) is 5.13 Å². The molecule has 0 radical (unpaired) electrons. The van der Waals surface area contributed by atoms with E-state index in [9.17, 15) is 4.79 Å². The van der Waals surface area contributed by atoms with E-state index in [2.05, 4.69) is 15.2 Å². The molecule has 7 heteroatoms. The lowest BCUT2D eigenvalue weighted by atomic mass is 10.1. The molecule has 0 unspecified atom stereocenters. The zero-order valence-corrected chi connectivity index (χ0v) is 13.2. The first kappa shape index (κ1) is 13.9. The molecule has 1 N–H and O–H groups in total. The van der Waals surface area contributed by atoms with Crippen molar-refractivity contribution in [2.24, 2.45) is 0 Å². The summed E-state index contributed by atoms with van der Waals surface area (Å²) in [5.41, 5.74) is 0.915. The number of carbonyl (C=O) groups is 1. The van der Waals surface area contributed by atoms with Gasteiger partial charge < -0.3 is 10.1 Å². The molecule has 2 aromatic rings. The summed E-state index contributed by atoms with van der Waals surface area (Å²) < 4.78 is 6.30. The van der Waals surface area contributed by atoms with Crippen LogP contribution in [0.25, 0.3) is 10.2 Å². The number of anilines is 1. The topological polar surface area (TPSA) is 57.7 Å². The Morgan fingerprint density at radius 1 is 1.36 bits per heavy atom. The van der Waals surface area contributed by atoms with Gasteiger partial charge >= 0.3 is 0 Å². The summed E-state index contributed by atoms with van der Waals surface area (Å²) in [6.07, 6.45) is 0. The molecule has 6 nitrogen and oxygen atoms in total. The highest BCUT2D eigenvalue weighted by Crippen LogP contribution is 2.32. The molecule has 2 aliphatic rings. The van der Waals surface area contributed by atoms with E-state index in [0.717, 1.165) is 47.3 Å². The number of fused-ring (bicyclic) bond motifs is 2. The second-order valence-corrected chi connectivity index (χ2v) is 6.58. The first-order valence-corrected chi connectivity index (χ1v) is 8.28. The lowest BCUT2D eigenvalue weighted by Crippen LogP contribution is -2.64. The summed E-state index contributed by atoms with van der Waals surface area (Å²) >= 11 is 1.55.